The summed E-state index contributed by atoms with van der Waals surface area (Å²) in [6.45, 7) is 6.85. The molecule has 1 unspecified atom stereocenters. The number of aryl methyl sites for hydroxylation is 2. The highest BCUT2D eigenvalue weighted by molar-refractivity contribution is 5.40. The molecule has 0 amide bonds. The zero-order valence-corrected chi connectivity index (χ0v) is 11.8. The lowest BCUT2D eigenvalue weighted by Gasteiger charge is -2.16. The Kier molecular flexibility index (Phi) is 4.23. The van der Waals surface area contributed by atoms with Crippen molar-refractivity contribution in [3.8, 4) is 5.75 Å². The summed E-state index contributed by atoms with van der Waals surface area (Å²) in [6.07, 6.45) is 0. The van der Waals surface area contributed by atoms with Crippen LogP contribution in [0.4, 0.5) is 0 Å². The lowest BCUT2D eigenvalue weighted by atomic mass is 9.94. The molecule has 0 saturated heterocycles. The third kappa shape index (κ3) is 3.15. The average molecular weight is 255 g/mol. The van der Waals surface area contributed by atoms with Crippen LogP contribution in [0.25, 0.3) is 0 Å². The first kappa shape index (κ1) is 13.6. The van der Waals surface area contributed by atoms with Crippen molar-refractivity contribution in [2.24, 2.45) is 5.73 Å². The zero-order chi connectivity index (χ0) is 13.8. The Bertz CT molecular complexity index is 563. The third-order valence-electron chi connectivity index (χ3n) is 3.29. The second-order valence-corrected chi connectivity index (χ2v) is 4.84. The van der Waals surface area contributed by atoms with Crippen LogP contribution in [0.15, 0.2) is 42.5 Å². The van der Waals surface area contributed by atoms with Crippen LogP contribution in [-0.4, -0.2) is 6.61 Å². The Labute approximate surface area is 115 Å². The SMILES string of the molecule is CCOc1cccc(C(N)c2ccc(C)cc2C)c1. The first-order chi connectivity index (χ1) is 9.11. The number of hydrogen-bond donors (Lipinski definition) is 1. The molecule has 0 aliphatic heterocycles. The minimum atomic E-state index is -0.110. The lowest BCUT2D eigenvalue weighted by molar-refractivity contribution is 0.340. The van der Waals surface area contributed by atoms with Crippen molar-refractivity contribution in [2.45, 2.75) is 26.8 Å². The molecule has 0 radical (unpaired) electrons. The summed E-state index contributed by atoms with van der Waals surface area (Å²) in [4.78, 5) is 0. The Morgan fingerprint density at radius 2 is 1.89 bits per heavy atom. The maximum absolute atomic E-state index is 6.38. The highest BCUT2D eigenvalue weighted by Gasteiger charge is 2.12. The Hall–Kier alpha value is -1.80. The molecular weight excluding hydrogens is 234 g/mol. The fourth-order valence-electron chi connectivity index (χ4n) is 2.32. The smallest absolute Gasteiger partial charge is 0.119 e. The summed E-state index contributed by atoms with van der Waals surface area (Å²) in [5.41, 5.74) is 11.1. The molecule has 2 N–H and O–H groups in total. The van der Waals surface area contributed by atoms with Gasteiger partial charge in [0.25, 0.3) is 0 Å². The predicted octanol–water partition coefficient (Wildman–Crippen LogP) is 3.75. The molecule has 0 saturated carbocycles. The van der Waals surface area contributed by atoms with E-state index in [1.54, 1.807) is 0 Å². The summed E-state index contributed by atoms with van der Waals surface area (Å²) in [6, 6.07) is 14.3. The van der Waals surface area contributed by atoms with Gasteiger partial charge in [-0.1, -0.05) is 35.9 Å². The van der Waals surface area contributed by atoms with Gasteiger partial charge in [-0.05, 0) is 49.6 Å². The van der Waals surface area contributed by atoms with E-state index in [0.29, 0.717) is 6.61 Å². The van der Waals surface area contributed by atoms with Crippen molar-refractivity contribution in [2.75, 3.05) is 6.61 Å². The monoisotopic (exact) mass is 255 g/mol. The van der Waals surface area contributed by atoms with Gasteiger partial charge in [0.2, 0.25) is 0 Å². The van der Waals surface area contributed by atoms with E-state index in [1.807, 2.05) is 31.2 Å². The van der Waals surface area contributed by atoms with Crippen LogP contribution in [0.2, 0.25) is 0 Å². The van der Waals surface area contributed by atoms with E-state index < -0.39 is 0 Å². The number of ether oxygens (including phenoxy) is 1. The molecule has 1 atom stereocenters. The van der Waals surface area contributed by atoms with Crippen molar-refractivity contribution in [3.05, 3.63) is 64.7 Å². The van der Waals surface area contributed by atoms with Gasteiger partial charge in [0.05, 0.1) is 12.6 Å². The summed E-state index contributed by atoms with van der Waals surface area (Å²) < 4.78 is 5.53. The number of rotatable bonds is 4. The summed E-state index contributed by atoms with van der Waals surface area (Å²) in [7, 11) is 0. The van der Waals surface area contributed by atoms with Gasteiger partial charge in [0.15, 0.2) is 0 Å². The molecule has 100 valence electrons. The van der Waals surface area contributed by atoms with Gasteiger partial charge in [-0.2, -0.15) is 0 Å². The molecule has 19 heavy (non-hydrogen) atoms. The molecule has 0 fully saturated rings. The fraction of sp³-hybridized carbons (Fsp3) is 0.294. The minimum absolute atomic E-state index is 0.110. The topological polar surface area (TPSA) is 35.2 Å². The van der Waals surface area contributed by atoms with E-state index in [1.165, 1.54) is 16.7 Å². The van der Waals surface area contributed by atoms with E-state index >= 15 is 0 Å². The molecule has 0 bridgehead atoms. The number of hydrogen-bond acceptors (Lipinski definition) is 2. The van der Waals surface area contributed by atoms with Gasteiger partial charge in [0, 0.05) is 0 Å². The number of nitrogens with two attached hydrogens (primary N) is 1. The van der Waals surface area contributed by atoms with Gasteiger partial charge in [-0.15, -0.1) is 0 Å². The average Bonchev–Trinajstić information content (AvgIpc) is 2.39. The van der Waals surface area contributed by atoms with E-state index in [-0.39, 0.29) is 6.04 Å². The van der Waals surface area contributed by atoms with Crippen LogP contribution in [0.3, 0.4) is 0 Å². The summed E-state index contributed by atoms with van der Waals surface area (Å²) in [5.74, 6) is 0.875. The standard InChI is InChI=1S/C17H21NO/c1-4-19-15-7-5-6-14(11-15)17(18)16-9-8-12(2)10-13(16)3/h5-11,17H,4,18H2,1-3H3. The first-order valence-corrected chi connectivity index (χ1v) is 6.67. The normalized spacial score (nSPS) is 12.2. The van der Waals surface area contributed by atoms with Gasteiger partial charge < -0.3 is 10.5 Å². The molecule has 0 heterocycles. The maximum Gasteiger partial charge on any atom is 0.119 e. The van der Waals surface area contributed by atoms with Gasteiger partial charge in [-0.3, -0.25) is 0 Å². The van der Waals surface area contributed by atoms with Crippen molar-refractivity contribution in [1.82, 2.24) is 0 Å². The highest BCUT2D eigenvalue weighted by atomic mass is 16.5. The molecule has 2 aromatic carbocycles. The van der Waals surface area contributed by atoms with Crippen LogP contribution < -0.4 is 10.5 Å². The minimum Gasteiger partial charge on any atom is -0.494 e. The van der Waals surface area contributed by atoms with Crippen LogP contribution in [0, 0.1) is 13.8 Å². The van der Waals surface area contributed by atoms with Crippen LogP contribution in [0.1, 0.15) is 35.2 Å². The number of benzene rings is 2. The van der Waals surface area contributed by atoms with Gasteiger partial charge >= 0.3 is 0 Å². The van der Waals surface area contributed by atoms with Crippen molar-refractivity contribution in [3.63, 3.8) is 0 Å². The van der Waals surface area contributed by atoms with Crippen LogP contribution in [0.5, 0.6) is 5.75 Å². The molecule has 0 spiro atoms. The molecule has 2 heteroatoms. The molecule has 2 nitrogen and oxygen atoms in total. The van der Waals surface area contributed by atoms with Crippen molar-refractivity contribution < 1.29 is 4.74 Å². The molecule has 0 aromatic heterocycles. The quantitative estimate of drug-likeness (QED) is 0.903. The van der Waals surface area contributed by atoms with E-state index in [2.05, 4.69) is 32.0 Å². The maximum atomic E-state index is 6.38. The van der Waals surface area contributed by atoms with E-state index in [9.17, 15) is 0 Å². The molecule has 2 aromatic rings. The van der Waals surface area contributed by atoms with E-state index in [0.717, 1.165) is 11.3 Å². The summed E-state index contributed by atoms with van der Waals surface area (Å²) >= 11 is 0. The van der Waals surface area contributed by atoms with E-state index in [4.69, 9.17) is 10.5 Å². The Balaban J connectivity index is 2.32. The van der Waals surface area contributed by atoms with Crippen molar-refractivity contribution >= 4 is 0 Å². The second-order valence-electron chi connectivity index (χ2n) is 4.84. The first-order valence-electron chi connectivity index (χ1n) is 6.67. The largest absolute Gasteiger partial charge is 0.494 e. The molecule has 2 rings (SSSR count). The highest BCUT2D eigenvalue weighted by Crippen LogP contribution is 2.26. The molecule has 0 aliphatic carbocycles. The Morgan fingerprint density at radius 1 is 1.11 bits per heavy atom. The van der Waals surface area contributed by atoms with Crippen LogP contribution >= 0.6 is 0 Å². The molecular formula is C17H21NO. The molecule has 0 aliphatic rings. The summed E-state index contributed by atoms with van der Waals surface area (Å²) in [5, 5.41) is 0. The Morgan fingerprint density at radius 3 is 2.58 bits per heavy atom. The van der Waals surface area contributed by atoms with Gasteiger partial charge in [0.1, 0.15) is 5.75 Å². The third-order valence-corrected chi connectivity index (χ3v) is 3.29. The predicted molar refractivity (Wildman–Crippen MR) is 79.6 cm³/mol. The lowest BCUT2D eigenvalue weighted by Crippen LogP contribution is -2.13. The van der Waals surface area contributed by atoms with Crippen LogP contribution in [-0.2, 0) is 0 Å². The van der Waals surface area contributed by atoms with Crippen molar-refractivity contribution in [1.29, 1.82) is 0 Å². The zero-order valence-electron chi connectivity index (χ0n) is 11.8. The van der Waals surface area contributed by atoms with Gasteiger partial charge in [-0.25, -0.2) is 0 Å². The fourth-order valence-corrected chi connectivity index (χ4v) is 2.32. The second kappa shape index (κ2) is 5.89.